The largest absolute Gasteiger partial charge is 0.368 e. The zero-order valence-electron chi connectivity index (χ0n) is 12.4. The fraction of sp³-hybridized carbons (Fsp3) is 1.00. The summed E-state index contributed by atoms with van der Waals surface area (Å²) >= 11 is 0. The first-order valence-corrected chi connectivity index (χ1v) is 7.84. The summed E-state index contributed by atoms with van der Waals surface area (Å²) in [6.45, 7) is 6.22. The number of aliphatic hydroxyl groups excluding tert-OH is 1. The van der Waals surface area contributed by atoms with E-state index in [1.807, 2.05) is 13.8 Å². The third-order valence-electron chi connectivity index (χ3n) is 6.12. The lowest BCUT2D eigenvalue weighted by atomic mass is 9.58. The molecule has 0 aromatic rings. The summed E-state index contributed by atoms with van der Waals surface area (Å²) in [5.41, 5.74) is -0.549. The van der Waals surface area contributed by atoms with Gasteiger partial charge in [-0.15, -0.1) is 0 Å². The second-order valence-electron chi connectivity index (χ2n) is 7.30. The summed E-state index contributed by atoms with van der Waals surface area (Å²) in [5, 5.41) is 10.2. The maximum absolute atomic E-state index is 10.2. The molecule has 5 heteroatoms. The predicted octanol–water partition coefficient (Wildman–Crippen LogP) is 2.19. The summed E-state index contributed by atoms with van der Waals surface area (Å²) in [4.78, 5) is 11.6. The van der Waals surface area contributed by atoms with Crippen LogP contribution >= 0.6 is 0 Å². The van der Waals surface area contributed by atoms with Gasteiger partial charge in [-0.25, -0.2) is 9.78 Å². The van der Waals surface area contributed by atoms with Crippen molar-refractivity contribution in [2.24, 2.45) is 23.7 Å². The fourth-order valence-corrected chi connectivity index (χ4v) is 4.89. The molecule has 1 N–H and O–H groups in total. The lowest BCUT2D eigenvalue weighted by Crippen LogP contribution is -2.70. The lowest BCUT2D eigenvalue weighted by molar-refractivity contribution is -0.576. The molecule has 0 radical (unpaired) electrons. The van der Waals surface area contributed by atoms with Crippen molar-refractivity contribution in [3.05, 3.63) is 0 Å². The number of rotatable bonds is 0. The van der Waals surface area contributed by atoms with Crippen LogP contribution < -0.4 is 0 Å². The molecule has 1 spiro atoms. The van der Waals surface area contributed by atoms with E-state index in [1.165, 1.54) is 6.42 Å². The first-order valence-electron chi connectivity index (χ1n) is 7.84. The van der Waals surface area contributed by atoms with Gasteiger partial charge in [-0.05, 0) is 38.0 Å². The van der Waals surface area contributed by atoms with Gasteiger partial charge in [0.2, 0.25) is 5.79 Å². The predicted molar refractivity (Wildman–Crippen MR) is 69.0 cm³/mol. The van der Waals surface area contributed by atoms with E-state index in [0.717, 1.165) is 19.3 Å². The van der Waals surface area contributed by atoms with Gasteiger partial charge in [-0.1, -0.05) is 13.8 Å². The van der Waals surface area contributed by atoms with E-state index in [2.05, 4.69) is 6.92 Å². The maximum atomic E-state index is 10.2. The van der Waals surface area contributed by atoms with Crippen molar-refractivity contribution < 1.29 is 24.4 Å². The molecular formula is C15H24O5. The second kappa shape index (κ2) is 4.17. The minimum absolute atomic E-state index is 0.0379. The molecule has 0 aromatic carbocycles. The molecule has 20 heavy (non-hydrogen) atoms. The molecular weight excluding hydrogens is 260 g/mol. The minimum Gasteiger partial charge on any atom is -0.368 e. The van der Waals surface area contributed by atoms with Gasteiger partial charge < -0.3 is 14.6 Å². The van der Waals surface area contributed by atoms with Gasteiger partial charge in [0.25, 0.3) is 0 Å². The Balaban J connectivity index is 1.82. The lowest BCUT2D eigenvalue weighted by Gasteiger charge is -2.59. The topological polar surface area (TPSA) is 57.2 Å². The van der Waals surface area contributed by atoms with Crippen LogP contribution in [0.4, 0.5) is 0 Å². The van der Waals surface area contributed by atoms with Crippen molar-refractivity contribution >= 4 is 0 Å². The van der Waals surface area contributed by atoms with Gasteiger partial charge in [-0.3, -0.25) is 0 Å². The molecule has 5 rings (SSSR count). The fourth-order valence-electron chi connectivity index (χ4n) is 4.89. The van der Waals surface area contributed by atoms with Crippen molar-refractivity contribution in [1.29, 1.82) is 0 Å². The average Bonchev–Trinajstić information content (AvgIpc) is 2.63. The normalized spacial score (nSPS) is 61.8. The molecule has 114 valence electrons. The quantitative estimate of drug-likeness (QED) is 0.691. The highest BCUT2D eigenvalue weighted by molar-refractivity contribution is 5.08. The highest BCUT2D eigenvalue weighted by Gasteiger charge is 2.69. The van der Waals surface area contributed by atoms with Crippen LogP contribution in [0, 0.1) is 23.7 Å². The van der Waals surface area contributed by atoms with E-state index in [9.17, 15) is 5.11 Å². The second-order valence-corrected chi connectivity index (χ2v) is 7.30. The first-order chi connectivity index (χ1) is 9.46. The number of hydrogen-bond donors (Lipinski definition) is 1. The monoisotopic (exact) mass is 284 g/mol. The molecule has 5 aliphatic rings. The SMILES string of the molecule is C[C@@H]1[C@H](O)O[C@H]2O[C@]3(C)CC[C@@H]4[C@@H](C)CC[C@H]1[C@@]24OO3. The smallest absolute Gasteiger partial charge is 0.201 e. The van der Waals surface area contributed by atoms with E-state index in [4.69, 9.17) is 19.2 Å². The minimum atomic E-state index is -0.781. The van der Waals surface area contributed by atoms with Gasteiger partial charge in [0.05, 0.1) is 0 Å². The molecule has 8 atom stereocenters. The Morgan fingerprint density at radius 3 is 2.65 bits per heavy atom. The Morgan fingerprint density at radius 1 is 1.05 bits per heavy atom. The molecule has 5 nitrogen and oxygen atoms in total. The van der Waals surface area contributed by atoms with Gasteiger partial charge in [0.1, 0.15) is 0 Å². The molecule has 4 heterocycles. The Hall–Kier alpha value is -0.200. The molecule has 4 saturated heterocycles. The van der Waals surface area contributed by atoms with Crippen LogP contribution in [-0.4, -0.2) is 29.1 Å². The highest BCUT2D eigenvalue weighted by Crippen LogP contribution is 2.60. The third-order valence-corrected chi connectivity index (χ3v) is 6.12. The van der Waals surface area contributed by atoms with E-state index >= 15 is 0 Å². The van der Waals surface area contributed by atoms with E-state index in [0.29, 0.717) is 11.8 Å². The van der Waals surface area contributed by atoms with Crippen LogP contribution in [0.2, 0.25) is 0 Å². The van der Waals surface area contributed by atoms with Crippen molar-refractivity contribution in [2.45, 2.75) is 70.4 Å². The summed E-state index contributed by atoms with van der Waals surface area (Å²) in [5.74, 6) is 0.437. The number of fused-ring (bicyclic) bond motifs is 2. The van der Waals surface area contributed by atoms with Gasteiger partial charge in [0, 0.05) is 18.3 Å². The summed E-state index contributed by atoms with van der Waals surface area (Å²) in [7, 11) is 0. The number of hydrogen-bond acceptors (Lipinski definition) is 5. The molecule has 4 aliphatic heterocycles. The Labute approximate surface area is 119 Å². The van der Waals surface area contributed by atoms with Gasteiger partial charge in [0.15, 0.2) is 18.2 Å². The van der Waals surface area contributed by atoms with Crippen LogP contribution in [0.3, 0.4) is 0 Å². The average molecular weight is 284 g/mol. The summed E-state index contributed by atoms with van der Waals surface area (Å²) in [6, 6.07) is 0. The standard InChI is InChI=1S/C15H24O5/c1-8-4-5-11-9(2)12(16)17-13-15(11)10(8)6-7-14(3,18-13)19-20-15/h8-13,16H,4-7H2,1-3H3/t8-,9-,10+,11+,12+,13-,14-,15+/m0/s1. The van der Waals surface area contributed by atoms with Crippen LogP contribution in [0.5, 0.6) is 0 Å². The number of aliphatic hydroxyl groups is 1. The Morgan fingerprint density at radius 2 is 1.85 bits per heavy atom. The molecule has 0 amide bonds. The van der Waals surface area contributed by atoms with Crippen LogP contribution in [0.15, 0.2) is 0 Å². The van der Waals surface area contributed by atoms with Crippen molar-refractivity contribution in [3.8, 4) is 0 Å². The molecule has 2 bridgehead atoms. The van der Waals surface area contributed by atoms with Gasteiger partial charge >= 0.3 is 0 Å². The van der Waals surface area contributed by atoms with Crippen molar-refractivity contribution in [2.75, 3.05) is 0 Å². The van der Waals surface area contributed by atoms with Gasteiger partial charge in [-0.2, -0.15) is 0 Å². The third kappa shape index (κ3) is 1.56. The van der Waals surface area contributed by atoms with Crippen molar-refractivity contribution in [1.82, 2.24) is 0 Å². The van der Waals surface area contributed by atoms with Crippen LogP contribution in [-0.2, 0) is 19.2 Å². The molecule has 5 fully saturated rings. The molecule has 0 aromatic heterocycles. The molecule has 1 aliphatic carbocycles. The van der Waals surface area contributed by atoms with Crippen LogP contribution in [0.25, 0.3) is 0 Å². The Bertz CT molecular complexity index is 411. The summed E-state index contributed by atoms with van der Waals surface area (Å²) in [6.07, 6.45) is 2.72. The van der Waals surface area contributed by atoms with Crippen LogP contribution in [0.1, 0.15) is 46.5 Å². The first kappa shape index (κ1) is 13.5. The Kier molecular flexibility index (Phi) is 2.81. The molecule has 1 saturated carbocycles. The molecule has 0 unspecified atom stereocenters. The van der Waals surface area contributed by atoms with E-state index < -0.39 is 24.0 Å². The zero-order chi connectivity index (χ0) is 14.1. The van der Waals surface area contributed by atoms with E-state index in [-0.39, 0.29) is 11.8 Å². The maximum Gasteiger partial charge on any atom is 0.201 e. The van der Waals surface area contributed by atoms with Crippen molar-refractivity contribution in [3.63, 3.8) is 0 Å². The highest BCUT2D eigenvalue weighted by atomic mass is 17.3. The summed E-state index contributed by atoms with van der Waals surface area (Å²) < 4.78 is 11.9. The number of ether oxygens (including phenoxy) is 2. The van der Waals surface area contributed by atoms with E-state index in [1.54, 1.807) is 0 Å². The zero-order valence-corrected chi connectivity index (χ0v) is 12.4.